The first-order valence-corrected chi connectivity index (χ1v) is 9.93. The van der Waals surface area contributed by atoms with Crippen LogP contribution in [0.15, 0.2) is 24.8 Å². The topological polar surface area (TPSA) is 24.1 Å². The summed E-state index contributed by atoms with van der Waals surface area (Å²) in [6.45, 7) is 10.6. The van der Waals surface area contributed by atoms with Crippen LogP contribution in [-0.4, -0.2) is 25.2 Å². The third kappa shape index (κ3) is 2.55. The van der Waals surface area contributed by atoms with E-state index in [0.29, 0.717) is 12.1 Å². The third-order valence-corrected chi connectivity index (χ3v) is 6.84. The first-order valence-electron chi connectivity index (χ1n) is 9.93. The van der Waals surface area contributed by atoms with E-state index < -0.39 is 0 Å². The monoisotopic (exact) mass is 324 g/mol. The maximum Gasteiger partial charge on any atom is 0.0145 e. The van der Waals surface area contributed by atoms with E-state index in [9.17, 15) is 0 Å². The van der Waals surface area contributed by atoms with Crippen molar-refractivity contribution in [2.45, 2.75) is 64.0 Å². The normalized spacial score (nSPS) is 33.3. The Labute approximate surface area is 147 Å². The molecule has 0 spiro atoms. The number of hydrogen-bond acceptors (Lipinski definition) is 2. The van der Waals surface area contributed by atoms with Crippen molar-refractivity contribution < 1.29 is 0 Å². The van der Waals surface area contributed by atoms with Crippen molar-refractivity contribution >= 4 is 0 Å². The second-order valence-corrected chi connectivity index (χ2v) is 8.14. The van der Waals surface area contributed by atoms with E-state index in [1.807, 2.05) is 6.08 Å². The minimum Gasteiger partial charge on any atom is -0.314 e. The molecule has 2 nitrogen and oxygen atoms in total. The zero-order valence-corrected chi connectivity index (χ0v) is 15.3. The maximum absolute atomic E-state index is 3.90. The van der Waals surface area contributed by atoms with E-state index in [2.05, 4.69) is 43.2 Å². The maximum atomic E-state index is 3.90. The highest BCUT2D eigenvalue weighted by Crippen LogP contribution is 2.55. The van der Waals surface area contributed by atoms with Gasteiger partial charge in [-0.05, 0) is 85.6 Å². The quantitative estimate of drug-likeness (QED) is 0.779. The Kier molecular flexibility index (Phi) is 4.53. The molecule has 24 heavy (non-hydrogen) atoms. The van der Waals surface area contributed by atoms with Crippen molar-refractivity contribution in [2.75, 3.05) is 13.1 Å². The van der Waals surface area contributed by atoms with E-state index in [4.69, 9.17) is 0 Å². The van der Waals surface area contributed by atoms with Gasteiger partial charge in [0.1, 0.15) is 0 Å². The van der Waals surface area contributed by atoms with Gasteiger partial charge in [-0.2, -0.15) is 0 Å². The molecule has 0 saturated heterocycles. The average Bonchev–Trinajstić information content (AvgIpc) is 3.01. The van der Waals surface area contributed by atoms with Gasteiger partial charge in [0, 0.05) is 18.6 Å². The second kappa shape index (κ2) is 6.65. The molecule has 0 aromatic heterocycles. The van der Waals surface area contributed by atoms with Crippen LogP contribution in [-0.2, 0) is 12.8 Å². The van der Waals surface area contributed by atoms with Gasteiger partial charge < -0.3 is 10.6 Å². The van der Waals surface area contributed by atoms with Crippen molar-refractivity contribution in [3.05, 3.63) is 47.0 Å². The van der Waals surface area contributed by atoms with Gasteiger partial charge in [-0.25, -0.2) is 0 Å². The standard InChI is InChI=1S/C22H32N2/c1-4-10-23-19-9-8-16-20(24-11-5-2)12-15-7-6-14(3)17-13-18(19)22(16)21(15)17/h5-7,16,18-20,22-24H,2,4,8-13H2,1,3H3. The molecule has 5 unspecified atom stereocenters. The van der Waals surface area contributed by atoms with Crippen molar-refractivity contribution in [3.8, 4) is 0 Å². The molecule has 0 radical (unpaired) electrons. The molecule has 2 N–H and O–H groups in total. The Morgan fingerprint density at radius 2 is 2.00 bits per heavy atom. The molecule has 0 amide bonds. The molecule has 0 bridgehead atoms. The summed E-state index contributed by atoms with van der Waals surface area (Å²) in [5.74, 6) is 2.39. The Morgan fingerprint density at radius 3 is 2.79 bits per heavy atom. The first-order chi connectivity index (χ1) is 11.7. The minimum atomic E-state index is 0.629. The lowest BCUT2D eigenvalue weighted by Gasteiger charge is -2.47. The summed E-state index contributed by atoms with van der Waals surface area (Å²) in [5, 5.41) is 7.67. The first kappa shape index (κ1) is 16.4. The summed E-state index contributed by atoms with van der Waals surface area (Å²) in [6.07, 6.45) is 8.46. The molecule has 130 valence electrons. The van der Waals surface area contributed by atoms with Crippen molar-refractivity contribution in [2.24, 2.45) is 11.8 Å². The van der Waals surface area contributed by atoms with Gasteiger partial charge in [0.2, 0.25) is 0 Å². The fourth-order valence-electron chi connectivity index (χ4n) is 5.83. The Balaban J connectivity index is 1.69. The average molecular weight is 325 g/mol. The molecule has 0 heterocycles. The molecule has 2 heteroatoms. The van der Waals surface area contributed by atoms with E-state index in [-0.39, 0.29) is 0 Å². The SMILES string of the molecule is C=CCNC1Cc2ccc(C)c3c2C2C1CCC(NCCC)C2C3. The highest BCUT2D eigenvalue weighted by Gasteiger charge is 2.50. The van der Waals surface area contributed by atoms with Gasteiger partial charge in [0.25, 0.3) is 0 Å². The van der Waals surface area contributed by atoms with Crippen LogP contribution >= 0.6 is 0 Å². The fraction of sp³-hybridized carbons (Fsp3) is 0.636. The summed E-state index contributed by atoms with van der Waals surface area (Å²) in [7, 11) is 0. The lowest BCUT2D eigenvalue weighted by Crippen LogP contribution is -2.51. The second-order valence-electron chi connectivity index (χ2n) is 8.14. The largest absolute Gasteiger partial charge is 0.314 e. The number of rotatable bonds is 6. The van der Waals surface area contributed by atoms with Gasteiger partial charge in [-0.1, -0.05) is 25.1 Å². The molecule has 1 aromatic carbocycles. The highest BCUT2D eigenvalue weighted by atomic mass is 15.0. The molecule has 0 aliphatic heterocycles. The molecule has 1 saturated carbocycles. The molecular formula is C22H32N2. The lowest BCUT2D eigenvalue weighted by molar-refractivity contribution is 0.137. The molecule has 3 aliphatic rings. The van der Waals surface area contributed by atoms with Crippen LogP contribution in [0.3, 0.4) is 0 Å². The van der Waals surface area contributed by atoms with Gasteiger partial charge in [0.15, 0.2) is 0 Å². The van der Waals surface area contributed by atoms with Gasteiger partial charge >= 0.3 is 0 Å². The van der Waals surface area contributed by atoms with Crippen LogP contribution < -0.4 is 10.6 Å². The number of hydrogen-bond donors (Lipinski definition) is 2. The molecule has 1 aromatic rings. The van der Waals surface area contributed by atoms with E-state index >= 15 is 0 Å². The Hall–Kier alpha value is -1.12. The predicted molar refractivity (Wildman–Crippen MR) is 102 cm³/mol. The molecule has 1 fully saturated rings. The van der Waals surface area contributed by atoms with Crippen molar-refractivity contribution in [1.29, 1.82) is 0 Å². The third-order valence-electron chi connectivity index (χ3n) is 6.84. The minimum absolute atomic E-state index is 0.629. The van der Waals surface area contributed by atoms with Crippen LogP contribution in [0.2, 0.25) is 0 Å². The van der Waals surface area contributed by atoms with E-state index in [0.717, 1.165) is 24.3 Å². The summed E-state index contributed by atoms with van der Waals surface area (Å²) in [5.41, 5.74) is 6.59. The number of nitrogens with one attached hydrogen (secondary N) is 2. The zero-order valence-electron chi connectivity index (χ0n) is 15.3. The summed E-state index contributed by atoms with van der Waals surface area (Å²) < 4.78 is 0. The summed E-state index contributed by atoms with van der Waals surface area (Å²) in [6, 6.07) is 6.12. The molecule has 5 atom stereocenters. The van der Waals surface area contributed by atoms with E-state index in [1.165, 1.54) is 44.2 Å². The smallest absolute Gasteiger partial charge is 0.0145 e. The van der Waals surface area contributed by atoms with Crippen LogP contribution in [0.1, 0.15) is 54.4 Å². The Morgan fingerprint density at radius 1 is 1.12 bits per heavy atom. The summed E-state index contributed by atoms with van der Waals surface area (Å²) in [4.78, 5) is 0. The van der Waals surface area contributed by atoms with Gasteiger partial charge in [-0.3, -0.25) is 0 Å². The van der Waals surface area contributed by atoms with E-state index in [1.54, 1.807) is 16.7 Å². The molecule has 3 aliphatic carbocycles. The van der Waals surface area contributed by atoms with Crippen LogP contribution in [0.4, 0.5) is 0 Å². The van der Waals surface area contributed by atoms with Crippen molar-refractivity contribution in [1.82, 2.24) is 10.6 Å². The Bertz CT molecular complexity index is 621. The predicted octanol–water partition coefficient (Wildman–Crippen LogP) is 3.73. The zero-order chi connectivity index (χ0) is 16.7. The molecular weight excluding hydrogens is 292 g/mol. The van der Waals surface area contributed by atoms with Crippen molar-refractivity contribution in [3.63, 3.8) is 0 Å². The van der Waals surface area contributed by atoms with Crippen LogP contribution in [0.25, 0.3) is 0 Å². The lowest BCUT2D eigenvalue weighted by atomic mass is 9.62. The number of benzene rings is 1. The van der Waals surface area contributed by atoms with Gasteiger partial charge in [0.05, 0.1) is 0 Å². The fourth-order valence-corrected chi connectivity index (χ4v) is 5.83. The van der Waals surface area contributed by atoms with Gasteiger partial charge in [-0.15, -0.1) is 6.58 Å². The van der Waals surface area contributed by atoms with Crippen LogP contribution in [0, 0.1) is 18.8 Å². The molecule has 4 rings (SSSR count). The highest BCUT2D eigenvalue weighted by molar-refractivity contribution is 5.50. The van der Waals surface area contributed by atoms with Crippen LogP contribution in [0.5, 0.6) is 0 Å². The summed E-state index contributed by atoms with van der Waals surface area (Å²) >= 11 is 0. The number of aryl methyl sites for hydroxylation is 1.